The lowest BCUT2D eigenvalue weighted by Crippen LogP contribution is -2.41. The van der Waals surface area contributed by atoms with Gasteiger partial charge in [-0.25, -0.2) is 4.79 Å². The van der Waals surface area contributed by atoms with E-state index in [1.165, 1.54) is 0 Å². The van der Waals surface area contributed by atoms with Gasteiger partial charge >= 0.3 is 6.09 Å². The summed E-state index contributed by atoms with van der Waals surface area (Å²) in [5.41, 5.74) is -0.512. The molecule has 5 nitrogen and oxygen atoms in total. The van der Waals surface area contributed by atoms with Crippen LogP contribution >= 0.6 is 0 Å². The van der Waals surface area contributed by atoms with E-state index in [1.54, 1.807) is 12.0 Å². The number of methoxy groups -OCH3 is 1. The molecule has 5 heteroatoms. The van der Waals surface area contributed by atoms with Gasteiger partial charge in [0.1, 0.15) is 5.60 Å². The van der Waals surface area contributed by atoms with Crippen molar-refractivity contribution in [1.82, 2.24) is 4.90 Å². The van der Waals surface area contributed by atoms with Gasteiger partial charge in [-0.3, -0.25) is 0 Å². The third-order valence-corrected chi connectivity index (χ3v) is 2.38. The average molecular weight is 231 g/mol. The molecule has 1 aliphatic heterocycles. The van der Waals surface area contributed by atoms with Crippen molar-refractivity contribution in [3.8, 4) is 0 Å². The molecule has 0 aliphatic carbocycles. The van der Waals surface area contributed by atoms with Crippen LogP contribution in [0.25, 0.3) is 0 Å². The van der Waals surface area contributed by atoms with Crippen molar-refractivity contribution in [3.63, 3.8) is 0 Å². The molecule has 0 saturated carbocycles. The fourth-order valence-corrected chi connectivity index (χ4v) is 1.79. The second-order valence-corrected chi connectivity index (χ2v) is 5.13. The van der Waals surface area contributed by atoms with Gasteiger partial charge < -0.3 is 19.5 Å². The second-order valence-electron chi connectivity index (χ2n) is 5.13. The van der Waals surface area contributed by atoms with Gasteiger partial charge in [0.05, 0.1) is 25.3 Å². The minimum absolute atomic E-state index is 0.0881. The summed E-state index contributed by atoms with van der Waals surface area (Å²) < 4.78 is 10.3. The van der Waals surface area contributed by atoms with E-state index in [-0.39, 0.29) is 12.1 Å². The van der Waals surface area contributed by atoms with E-state index in [0.29, 0.717) is 19.6 Å². The first-order chi connectivity index (χ1) is 7.33. The maximum Gasteiger partial charge on any atom is 0.410 e. The number of rotatable bonds is 2. The zero-order chi connectivity index (χ0) is 12.3. The van der Waals surface area contributed by atoms with Crippen LogP contribution in [0.3, 0.4) is 0 Å². The van der Waals surface area contributed by atoms with Crippen molar-refractivity contribution < 1.29 is 19.4 Å². The van der Waals surface area contributed by atoms with Crippen molar-refractivity contribution in [2.75, 3.05) is 20.3 Å². The Morgan fingerprint density at radius 2 is 2.12 bits per heavy atom. The van der Waals surface area contributed by atoms with Crippen LogP contribution in [0, 0.1) is 0 Å². The summed E-state index contributed by atoms with van der Waals surface area (Å²) in [4.78, 5) is 13.4. The monoisotopic (exact) mass is 231 g/mol. The minimum Gasteiger partial charge on any atom is -0.444 e. The highest BCUT2D eigenvalue weighted by Crippen LogP contribution is 2.21. The molecule has 94 valence electrons. The number of hydrogen-bond donors (Lipinski definition) is 1. The molecule has 1 unspecified atom stereocenters. The number of hydrogen-bond acceptors (Lipinski definition) is 4. The van der Waals surface area contributed by atoms with E-state index in [4.69, 9.17) is 9.47 Å². The number of amides is 1. The van der Waals surface area contributed by atoms with Gasteiger partial charge in [0.2, 0.25) is 0 Å². The number of ether oxygens (including phenoxy) is 2. The summed E-state index contributed by atoms with van der Waals surface area (Å²) in [6.07, 6.45) is -0.314. The first-order valence-corrected chi connectivity index (χ1v) is 5.50. The molecule has 0 aromatic carbocycles. The van der Waals surface area contributed by atoms with E-state index in [0.717, 1.165) is 0 Å². The Bertz CT molecular complexity index is 249. The Morgan fingerprint density at radius 3 is 2.62 bits per heavy atom. The largest absolute Gasteiger partial charge is 0.444 e. The molecule has 1 amide bonds. The Morgan fingerprint density at radius 1 is 1.50 bits per heavy atom. The molecule has 2 atom stereocenters. The summed E-state index contributed by atoms with van der Waals surface area (Å²) >= 11 is 0. The van der Waals surface area contributed by atoms with Crippen LogP contribution in [0.1, 0.15) is 27.2 Å². The predicted octanol–water partition coefficient (Wildman–Crippen LogP) is 1.00. The summed E-state index contributed by atoms with van der Waals surface area (Å²) in [5.74, 6) is 0. The molecule has 0 radical (unpaired) electrons. The zero-order valence-electron chi connectivity index (χ0n) is 10.4. The van der Waals surface area contributed by atoms with E-state index < -0.39 is 11.7 Å². The molecule has 1 fully saturated rings. The highest BCUT2D eigenvalue weighted by molar-refractivity contribution is 5.69. The first kappa shape index (κ1) is 13.3. The maximum absolute atomic E-state index is 11.8. The lowest BCUT2D eigenvalue weighted by Gasteiger charge is -2.28. The highest BCUT2D eigenvalue weighted by Gasteiger charge is 2.36. The lowest BCUT2D eigenvalue weighted by atomic mass is 10.2. The summed E-state index contributed by atoms with van der Waals surface area (Å²) in [6, 6.07) is -0.0881. The number of carbonyl (C=O) groups is 1. The van der Waals surface area contributed by atoms with Gasteiger partial charge in [0.25, 0.3) is 0 Å². The first-order valence-electron chi connectivity index (χ1n) is 5.50. The normalized spacial score (nSPS) is 25.9. The molecule has 0 aromatic rings. The van der Waals surface area contributed by atoms with Crippen LogP contribution in [-0.2, 0) is 9.47 Å². The third-order valence-electron chi connectivity index (χ3n) is 2.38. The Hall–Kier alpha value is -0.810. The number of aliphatic hydroxyl groups excluding tert-OH is 1. The van der Waals surface area contributed by atoms with Gasteiger partial charge in [-0.15, -0.1) is 0 Å². The van der Waals surface area contributed by atoms with Crippen LogP contribution in [0.4, 0.5) is 4.79 Å². The van der Waals surface area contributed by atoms with E-state index in [2.05, 4.69) is 0 Å². The molecule has 0 aromatic heterocycles. The zero-order valence-corrected chi connectivity index (χ0v) is 10.4. The van der Waals surface area contributed by atoms with Gasteiger partial charge in [-0.05, 0) is 27.2 Å². The number of nitrogens with zero attached hydrogens (tertiary/aromatic N) is 1. The van der Waals surface area contributed by atoms with Gasteiger partial charge in [-0.1, -0.05) is 0 Å². The SMILES string of the molecule is COC[C@@H]1CC(O)CN1C(=O)OC(C)(C)C. The fraction of sp³-hybridized carbons (Fsp3) is 0.909. The maximum atomic E-state index is 11.8. The molecule has 1 heterocycles. The summed E-state index contributed by atoms with van der Waals surface area (Å²) in [5, 5.41) is 9.54. The fourth-order valence-electron chi connectivity index (χ4n) is 1.79. The Labute approximate surface area is 96.3 Å². The Kier molecular flexibility index (Phi) is 4.15. The molecule has 1 rings (SSSR count). The van der Waals surface area contributed by atoms with Crippen LogP contribution in [-0.4, -0.2) is 54.1 Å². The number of β-amino-alcohol motifs (C(OH)–C–C–N with tert-alkyl or cyclic N) is 1. The van der Waals surface area contributed by atoms with Gasteiger partial charge in [0.15, 0.2) is 0 Å². The van der Waals surface area contributed by atoms with Crippen LogP contribution in [0.5, 0.6) is 0 Å². The van der Waals surface area contributed by atoms with Crippen LogP contribution in [0.2, 0.25) is 0 Å². The molecule has 16 heavy (non-hydrogen) atoms. The quantitative estimate of drug-likeness (QED) is 0.770. The van der Waals surface area contributed by atoms with Crippen LogP contribution < -0.4 is 0 Å². The predicted molar refractivity (Wildman–Crippen MR) is 59.2 cm³/mol. The molecular weight excluding hydrogens is 210 g/mol. The second kappa shape index (κ2) is 5.01. The molecule has 0 spiro atoms. The van der Waals surface area contributed by atoms with Gasteiger partial charge in [-0.2, -0.15) is 0 Å². The van der Waals surface area contributed by atoms with E-state index in [1.807, 2.05) is 20.8 Å². The lowest BCUT2D eigenvalue weighted by molar-refractivity contribution is 0.0137. The van der Waals surface area contributed by atoms with Crippen molar-refractivity contribution in [2.24, 2.45) is 0 Å². The topological polar surface area (TPSA) is 59.0 Å². The number of carbonyl (C=O) groups excluding carboxylic acids is 1. The molecular formula is C11H21NO4. The van der Waals surface area contributed by atoms with Crippen LogP contribution in [0.15, 0.2) is 0 Å². The van der Waals surface area contributed by atoms with Crippen molar-refractivity contribution in [1.29, 1.82) is 0 Å². The number of likely N-dealkylation sites (tertiary alicyclic amines) is 1. The van der Waals surface area contributed by atoms with Gasteiger partial charge in [0, 0.05) is 7.11 Å². The molecule has 1 aliphatic rings. The summed E-state index contributed by atoms with van der Waals surface area (Å²) in [6.45, 7) is 6.22. The minimum atomic E-state index is -0.512. The van der Waals surface area contributed by atoms with Crippen molar-refractivity contribution in [3.05, 3.63) is 0 Å². The highest BCUT2D eigenvalue weighted by atomic mass is 16.6. The molecule has 0 bridgehead atoms. The summed E-state index contributed by atoms with van der Waals surface area (Å²) in [7, 11) is 1.58. The average Bonchev–Trinajstić information content (AvgIpc) is 2.44. The molecule has 1 N–H and O–H groups in total. The van der Waals surface area contributed by atoms with E-state index in [9.17, 15) is 9.90 Å². The third kappa shape index (κ3) is 3.64. The standard InChI is InChI=1S/C11H21NO4/c1-11(2,3)16-10(14)12-6-9(13)5-8(12)7-15-4/h8-9,13H,5-7H2,1-4H3/t8-,9?/m0/s1. The number of aliphatic hydroxyl groups is 1. The Balaban J connectivity index is 2.59. The molecule has 1 saturated heterocycles. The smallest absolute Gasteiger partial charge is 0.410 e. The van der Waals surface area contributed by atoms with Crippen molar-refractivity contribution >= 4 is 6.09 Å². The van der Waals surface area contributed by atoms with Crippen molar-refractivity contribution in [2.45, 2.75) is 44.9 Å². The van der Waals surface area contributed by atoms with E-state index >= 15 is 0 Å².